The van der Waals surface area contributed by atoms with Gasteiger partial charge in [-0.15, -0.1) is 0 Å². The lowest BCUT2D eigenvalue weighted by molar-refractivity contribution is 0.184. The van der Waals surface area contributed by atoms with Crippen molar-refractivity contribution in [1.29, 1.82) is 0 Å². The fraction of sp³-hybridized carbons (Fsp3) is 0.353. The van der Waals surface area contributed by atoms with Crippen LogP contribution in [0.15, 0.2) is 42.6 Å². The quantitative estimate of drug-likeness (QED) is 0.848. The van der Waals surface area contributed by atoms with Crippen LogP contribution in [0.25, 0.3) is 0 Å². The molecule has 112 valence electrons. The molecule has 2 N–H and O–H groups in total. The average Bonchev–Trinajstić information content (AvgIpc) is 2.50. The molecule has 0 amide bonds. The van der Waals surface area contributed by atoms with Crippen LogP contribution in [0.1, 0.15) is 24.5 Å². The summed E-state index contributed by atoms with van der Waals surface area (Å²) in [5.74, 6) is 1.34. The lowest BCUT2D eigenvalue weighted by Gasteiger charge is -2.10. The summed E-state index contributed by atoms with van der Waals surface area (Å²) in [6.07, 6.45) is 3.63. The summed E-state index contributed by atoms with van der Waals surface area (Å²) in [6.45, 7) is 2.65. The summed E-state index contributed by atoms with van der Waals surface area (Å²) in [5, 5.41) is 0. The molecule has 1 atom stereocenters. The van der Waals surface area contributed by atoms with Gasteiger partial charge in [0.1, 0.15) is 5.75 Å². The van der Waals surface area contributed by atoms with Crippen molar-refractivity contribution in [3.63, 3.8) is 0 Å². The third-order valence-electron chi connectivity index (χ3n) is 3.25. The predicted molar refractivity (Wildman–Crippen MR) is 83.4 cm³/mol. The van der Waals surface area contributed by atoms with Gasteiger partial charge in [0.05, 0.1) is 6.61 Å². The highest BCUT2D eigenvalue weighted by molar-refractivity contribution is 5.31. The fourth-order valence-corrected chi connectivity index (χ4v) is 2.03. The number of nitrogens with two attached hydrogens (primary N) is 1. The van der Waals surface area contributed by atoms with Crippen LogP contribution >= 0.6 is 0 Å². The summed E-state index contributed by atoms with van der Waals surface area (Å²) in [5.41, 5.74) is 8.14. The van der Waals surface area contributed by atoms with Crippen LogP contribution in [0.3, 0.4) is 0 Å². The first-order chi connectivity index (χ1) is 10.2. The molecule has 4 nitrogen and oxygen atoms in total. The van der Waals surface area contributed by atoms with Gasteiger partial charge in [-0.25, -0.2) is 4.98 Å². The van der Waals surface area contributed by atoms with E-state index in [0.29, 0.717) is 12.5 Å². The van der Waals surface area contributed by atoms with Gasteiger partial charge in [-0.3, -0.25) is 0 Å². The maximum absolute atomic E-state index is 5.94. The minimum Gasteiger partial charge on any atom is -0.439 e. The van der Waals surface area contributed by atoms with Crippen LogP contribution < -0.4 is 10.5 Å². The zero-order chi connectivity index (χ0) is 15.1. The van der Waals surface area contributed by atoms with E-state index < -0.39 is 0 Å². The number of hydrogen-bond acceptors (Lipinski definition) is 4. The Morgan fingerprint density at radius 3 is 2.71 bits per heavy atom. The summed E-state index contributed by atoms with van der Waals surface area (Å²) in [7, 11) is 1.68. The number of ether oxygens (including phenoxy) is 2. The molecule has 0 bridgehead atoms. The first-order valence-corrected chi connectivity index (χ1v) is 7.17. The normalized spacial score (nSPS) is 12.1. The predicted octanol–water partition coefficient (Wildman–Crippen LogP) is 3.30. The maximum Gasteiger partial charge on any atom is 0.219 e. The Balaban J connectivity index is 2.01. The highest BCUT2D eigenvalue weighted by Crippen LogP contribution is 2.21. The Morgan fingerprint density at radius 2 is 2.05 bits per heavy atom. The molecule has 0 saturated heterocycles. The molecule has 2 rings (SSSR count). The summed E-state index contributed by atoms with van der Waals surface area (Å²) in [4.78, 5) is 4.33. The van der Waals surface area contributed by atoms with E-state index in [4.69, 9.17) is 15.2 Å². The second-order valence-electron chi connectivity index (χ2n) is 5.06. The second-order valence-corrected chi connectivity index (χ2v) is 5.06. The van der Waals surface area contributed by atoms with E-state index in [-0.39, 0.29) is 6.04 Å². The van der Waals surface area contributed by atoms with E-state index in [1.807, 2.05) is 42.6 Å². The van der Waals surface area contributed by atoms with Crippen molar-refractivity contribution in [1.82, 2.24) is 4.98 Å². The number of benzene rings is 1. The molecule has 1 aromatic heterocycles. The van der Waals surface area contributed by atoms with Crippen molar-refractivity contribution < 1.29 is 9.47 Å². The molecule has 0 aliphatic rings. The van der Waals surface area contributed by atoms with Gasteiger partial charge in [0, 0.05) is 25.4 Å². The van der Waals surface area contributed by atoms with Crippen molar-refractivity contribution >= 4 is 0 Å². The average molecular weight is 286 g/mol. The van der Waals surface area contributed by atoms with Crippen molar-refractivity contribution in [2.75, 3.05) is 7.11 Å². The smallest absolute Gasteiger partial charge is 0.219 e. The zero-order valence-electron chi connectivity index (χ0n) is 12.6. The van der Waals surface area contributed by atoms with Gasteiger partial charge in [0.15, 0.2) is 0 Å². The molecule has 0 saturated carbocycles. The van der Waals surface area contributed by atoms with Crippen molar-refractivity contribution in [3.05, 3.63) is 53.7 Å². The fourth-order valence-electron chi connectivity index (χ4n) is 2.03. The molecule has 2 aromatic rings. The number of rotatable bonds is 7. The molecule has 1 aromatic carbocycles. The summed E-state index contributed by atoms with van der Waals surface area (Å²) in [6, 6.07) is 11.9. The number of methoxy groups -OCH3 is 1. The van der Waals surface area contributed by atoms with Gasteiger partial charge in [-0.1, -0.05) is 25.1 Å². The molecule has 21 heavy (non-hydrogen) atoms. The van der Waals surface area contributed by atoms with Gasteiger partial charge >= 0.3 is 0 Å². The standard InChI is InChI=1S/C17H22N2O2/c1-3-15(18)9-13-7-8-17(19-11-13)21-16-6-4-5-14(10-16)12-20-2/h4-8,10-11,15H,3,9,12,18H2,1-2H3. The molecule has 0 fully saturated rings. The molecular weight excluding hydrogens is 264 g/mol. The van der Waals surface area contributed by atoms with E-state index in [1.54, 1.807) is 7.11 Å². The monoisotopic (exact) mass is 286 g/mol. The second kappa shape index (κ2) is 7.76. The first kappa shape index (κ1) is 15.5. The van der Waals surface area contributed by atoms with E-state index >= 15 is 0 Å². The van der Waals surface area contributed by atoms with Crippen LogP contribution in [-0.2, 0) is 17.8 Å². The van der Waals surface area contributed by atoms with Gasteiger partial charge < -0.3 is 15.2 Å². The van der Waals surface area contributed by atoms with Crippen LogP contribution in [0.5, 0.6) is 11.6 Å². The number of nitrogens with zero attached hydrogens (tertiary/aromatic N) is 1. The molecule has 0 aliphatic carbocycles. The largest absolute Gasteiger partial charge is 0.439 e. The van der Waals surface area contributed by atoms with Gasteiger partial charge in [-0.2, -0.15) is 0 Å². The molecule has 1 unspecified atom stereocenters. The summed E-state index contributed by atoms with van der Waals surface area (Å²) < 4.78 is 10.9. The molecule has 0 radical (unpaired) electrons. The van der Waals surface area contributed by atoms with E-state index in [9.17, 15) is 0 Å². The lowest BCUT2D eigenvalue weighted by atomic mass is 10.1. The maximum atomic E-state index is 5.94. The first-order valence-electron chi connectivity index (χ1n) is 7.17. The Labute approximate surface area is 125 Å². The number of pyridine rings is 1. The van der Waals surface area contributed by atoms with Gasteiger partial charge in [-0.05, 0) is 36.1 Å². The highest BCUT2D eigenvalue weighted by atomic mass is 16.5. The zero-order valence-corrected chi connectivity index (χ0v) is 12.6. The van der Waals surface area contributed by atoms with Gasteiger partial charge in [0.2, 0.25) is 5.88 Å². The van der Waals surface area contributed by atoms with Crippen molar-refractivity contribution in [2.24, 2.45) is 5.73 Å². The topological polar surface area (TPSA) is 57.4 Å². The summed E-state index contributed by atoms with van der Waals surface area (Å²) >= 11 is 0. The molecular formula is C17H22N2O2. The van der Waals surface area contributed by atoms with E-state index in [0.717, 1.165) is 29.7 Å². The lowest BCUT2D eigenvalue weighted by Crippen LogP contribution is -2.21. The third-order valence-corrected chi connectivity index (χ3v) is 3.25. The molecule has 0 spiro atoms. The van der Waals surface area contributed by atoms with Crippen LogP contribution in [0.4, 0.5) is 0 Å². The minimum atomic E-state index is 0.185. The van der Waals surface area contributed by atoms with Gasteiger partial charge in [0.25, 0.3) is 0 Å². The third kappa shape index (κ3) is 4.85. The van der Waals surface area contributed by atoms with E-state index in [2.05, 4.69) is 11.9 Å². The molecule has 4 heteroatoms. The van der Waals surface area contributed by atoms with Crippen LogP contribution in [0, 0.1) is 0 Å². The SMILES string of the molecule is CCC(N)Cc1ccc(Oc2cccc(COC)c2)nc1. The Hall–Kier alpha value is -1.91. The van der Waals surface area contributed by atoms with Crippen molar-refractivity contribution in [3.8, 4) is 11.6 Å². The Morgan fingerprint density at radius 1 is 1.19 bits per heavy atom. The number of aromatic nitrogens is 1. The van der Waals surface area contributed by atoms with E-state index in [1.165, 1.54) is 0 Å². The van der Waals surface area contributed by atoms with Crippen LogP contribution in [0.2, 0.25) is 0 Å². The highest BCUT2D eigenvalue weighted by Gasteiger charge is 2.04. The minimum absolute atomic E-state index is 0.185. The molecule has 1 heterocycles. The van der Waals surface area contributed by atoms with Crippen LogP contribution in [-0.4, -0.2) is 18.1 Å². The number of hydrogen-bond donors (Lipinski definition) is 1. The molecule has 0 aliphatic heterocycles. The van der Waals surface area contributed by atoms with Crippen molar-refractivity contribution in [2.45, 2.75) is 32.4 Å². The Bertz CT molecular complexity index is 555. The Kier molecular flexibility index (Phi) is 5.72.